The number of allylic oxidation sites excluding steroid dienone is 2. The SMILES string of the molecule is [C-]#[N+]c1c[nH]c(C(=O)Nc2ccc(C3CN(CC)C(=O)N(CC)C3)cc2C2=CCC(C)(C)CC2)n1. The summed E-state index contributed by atoms with van der Waals surface area (Å²) in [6.45, 7) is 18.4. The van der Waals surface area contributed by atoms with Gasteiger partial charge in [-0.3, -0.25) is 4.79 Å². The third-order valence-corrected chi connectivity index (χ3v) is 7.16. The van der Waals surface area contributed by atoms with Crippen molar-refractivity contribution in [2.24, 2.45) is 5.41 Å². The highest BCUT2D eigenvalue weighted by Crippen LogP contribution is 2.41. The van der Waals surface area contributed by atoms with Gasteiger partial charge in [-0.15, -0.1) is 0 Å². The van der Waals surface area contributed by atoms with Crippen molar-refractivity contribution >= 4 is 29.0 Å². The van der Waals surface area contributed by atoms with Crippen LogP contribution in [0.5, 0.6) is 0 Å². The molecule has 0 saturated carbocycles. The average Bonchev–Trinajstić information content (AvgIpc) is 3.34. The van der Waals surface area contributed by atoms with E-state index in [9.17, 15) is 9.59 Å². The molecule has 0 radical (unpaired) electrons. The number of aromatic amines is 1. The molecule has 2 N–H and O–H groups in total. The van der Waals surface area contributed by atoms with Gasteiger partial charge in [0.2, 0.25) is 0 Å². The summed E-state index contributed by atoms with van der Waals surface area (Å²) in [7, 11) is 0. The molecule has 0 atom stereocenters. The van der Waals surface area contributed by atoms with E-state index in [0.29, 0.717) is 26.2 Å². The number of nitrogens with zero attached hydrogens (tertiary/aromatic N) is 4. The van der Waals surface area contributed by atoms with Gasteiger partial charge in [0.25, 0.3) is 11.6 Å². The Morgan fingerprint density at radius 3 is 2.54 bits per heavy atom. The standard InChI is InChI=1S/C27H34N6O2/c1-6-32-16-20(17-33(7-2)26(32)35)19-8-9-22(30-25(34)24-29-15-23(28-5)31-24)21(14-19)18-10-12-27(3,4)13-11-18/h8-10,14-15,20H,6-7,11-13,16-17H2,1-4H3,(H,29,31)(H,30,34). The number of benzene rings is 1. The molecular weight excluding hydrogens is 440 g/mol. The molecule has 1 saturated heterocycles. The van der Waals surface area contributed by atoms with Crippen molar-refractivity contribution in [2.75, 3.05) is 31.5 Å². The Hall–Kier alpha value is -3.60. The molecule has 1 aromatic carbocycles. The van der Waals surface area contributed by atoms with Gasteiger partial charge in [-0.1, -0.05) is 37.5 Å². The largest absolute Gasteiger partial charge is 0.359 e. The van der Waals surface area contributed by atoms with Crippen LogP contribution >= 0.6 is 0 Å². The van der Waals surface area contributed by atoms with Crippen molar-refractivity contribution in [3.05, 3.63) is 58.8 Å². The number of carbonyl (C=O) groups excluding carboxylic acids is 2. The summed E-state index contributed by atoms with van der Waals surface area (Å²) in [5.74, 6) is 0.106. The van der Waals surface area contributed by atoms with E-state index >= 15 is 0 Å². The van der Waals surface area contributed by atoms with E-state index in [2.05, 4.69) is 52.2 Å². The fourth-order valence-electron chi connectivity index (χ4n) is 4.86. The average molecular weight is 475 g/mol. The number of carbonyl (C=O) groups is 2. The normalized spacial score (nSPS) is 18.3. The number of likely N-dealkylation sites (N-methyl/N-ethyl adjacent to an activating group) is 2. The highest BCUT2D eigenvalue weighted by molar-refractivity contribution is 6.03. The molecular formula is C27H34N6O2. The van der Waals surface area contributed by atoms with Gasteiger partial charge in [0.05, 0.1) is 0 Å². The molecule has 0 unspecified atom stereocenters. The summed E-state index contributed by atoms with van der Waals surface area (Å²) >= 11 is 0. The smallest absolute Gasteiger partial charge is 0.320 e. The van der Waals surface area contributed by atoms with Crippen LogP contribution in [0.15, 0.2) is 30.5 Å². The summed E-state index contributed by atoms with van der Waals surface area (Å²) in [6, 6.07) is 6.31. The van der Waals surface area contributed by atoms with Crippen molar-refractivity contribution in [3.8, 4) is 0 Å². The number of anilines is 1. The molecule has 8 heteroatoms. The molecule has 3 amide bonds. The second-order valence-corrected chi connectivity index (χ2v) is 10.1. The summed E-state index contributed by atoms with van der Waals surface area (Å²) in [5.41, 5.74) is 4.42. The fraction of sp³-hybridized carbons (Fsp3) is 0.481. The number of urea groups is 1. The monoisotopic (exact) mass is 474 g/mol. The fourth-order valence-corrected chi connectivity index (χ4v) is 4.86. The van der Waals surface area contributed by atoms with Crippen LogP contribution in [-0.2, 0) is 0 Å². The Bertz CT molecular complexity index is 1170. The molecule has 1 aliphatic carbocycles. The Balaban J connectivity index is 1.68. The minimum Gasteiger partial charge on any atom is -0.359 e. The van der Waals surface area contributed by atoms with Crippen LogP contribution in [0.3, 0.4) is 0 Å². The van der Waals surface area contributed by atoms with Gasteiger partial charge < -0.3 is 24.9 Å². The zero-order valence-electron chi connectivity index (χ0n) is 21.0. The third-order valence-electron chi connectivity index (χ3n) is 7.16. The summed E-state index contributed by atoms with van der Waals surface area (Å²) in [6.07, 6.45) is 6.73. The molecule has 1 fully saturated rings. The molecule has 1 aliphatic heterocycles. The molecule has 2 aromatic rings. The van der Waals surface area contributed by atoms with Crippen molar-refractivity contribution < 1.29 is 9.59 Å². The maximum atomic E-state index is 12.9. The van der Waals surface area contributed by atoms with Crippen molar-refractivity contribution in [3.63, 3.8) is 0 Å². The van der Waals surface area contributed by atoms with E-state index in [0.717, 1.165) is 30.5 Å². The van der Waals surface area contributed by atoms with Crippen LogP contribution in [0.25, 0.3) is 10.4 Å². The van der Waals surface area contributed by atoms with Crippen molar-refractivity contribution in [1.82, 2.24) is 19.8 Å². The summed E-state index contributed by atoms with van der Waals surface area (Å²) in [5, 5.41) is 3.01. The first kappa shape index (κ1) is 24.5. The molecule has 2 heterocycles. The third kappa shape index (κ3) is 5.24. The van der Waals surface area contributed by atoms with Crippen LogP contribution in [0, 0.1) is 12.0 Å². The predicted molar refractivity (Wildman–Crippen MR) is 137 cm³/mol. The second kappa shape index (κ2) is 9.95. The molecule has 1 aromatic heterocycles. The van der Waals surface area contributed by atoms with Gasteiger partial charge in [-0.2, -0.15) is 0 Å². The highest BCUT2D eigenvalue weighted by Gasteiger charge is 2.32. The molecule has 184 valence electrons. The van der Waals surface area contributed by atoms with Gasteiger partial charge in [0.1, 0.15) is 0 Å². The molecule has 4 rings (SSSR count). The van der Waals surface area contributed by atoms with Crippen LogP contribution in [0.1, 0.15) is 74.6 Å². The number of imidazole rings is 1. The number of H-pyrrole nitrogens is 1. The van der Waals surface area contributed by atoms with Crippen LogP contribution < -0.4 is 5.32 Å². The second-order valence-electron chi connectivity index (χ2n) is 10.1. The first-order valence-electron chi connectivity index (χ1n) is 12.4. The first-order valence-corrected chi connectivity index (χ1v) is 12.4. The Labute approximate surface area is 207 Å². The van der Waals surface area contributed by atoms with Gasteiger partial charge in [-0.25, -0.2) is 4.79 Å². The lowest BCUT2D eigenvalue weighted by Gasteiger charge is -2.39. The van der Waals surface area contributed by atoms with E-state index < -0.39 is 0 Å². The zero-order chi connectivity index (χ0) is 25.2. The van der Waals surface area contributed by atoms with Crippen LogP contribution in [-0.4, -0.2) is 57.9 Å². The number of hydrogen-bond donors (Lipinski definition) is 2. The van der Waals surface area contributed by atoms with Gasteiger partial charge in [0.15, 0.2) is 0 Å². The van der Waals surface area contributed by atoms with E-state index in [4.69, 9.17) is 6.57 Å². The molecule has 35 heavy (non-hydrogen) atoms. The Morgan fingerprint density at radius 2 is 1.97 bits per heavy atom. The number of rotatable bonds is 6. The van der Waals surface area contributed by atoms with Gasteiger partial charge in [-0.05, 0) is 61.8 Å². The first-order chi connectivity index (χ1) is 16.7. The van der Waals surface area contributed by atoms with E-state index in [1.165, 1.54) is 17.3 Å². The molecule has 8 nitrogen and oxygen atoms in total. The lowest BCUT2D eigenvalue weighted by molar-refractivity contribution is 0.101. The lowest BCUT2D eigenvalue weighted by Crippen LogP contribution is -2.52. The van der Waals surface area contributed by atoms with Crippen LogP contribution in [0.4, 0.5) is 16.3 Å². The highest BCUT2D eigenvalue weighted by atomic mass is 16.2. The Kier molecular flexibility index (Phi) is 6.97. The maximum absolute atomic E-state index is 12.9. The zero-order valence-corrected chi connectivity index (χ0v) is 21.0. The minimum atomic E-state index is -0.372. The number of amides is 3. The molecule has 2 aliphatic rings. The maximum Gasteiger partial charge on any atom is 0.320 e. The predicted octanol–water partition coefficient (Wildman–Crippen LogP) is 5.67. The van der Waals surface area contributed by atoms with Gasteiger partial charge >= 0.3 is 11.9 Å². The number of hydrogen-bond acceptors (Lipinski definition) is 3. The lowest BCUT2D eigenvalue weighted by atomic mass is 9.76. The molecule has 0 bridgehead atoms. The van der Waals surface area contributed by atoms with Crippen molar-refractivity contribution in [1.29, 1.82) is 0 Å². The van der Waals surface area contributed by atoms with Crippen molar-refractivity contribution in [2.45, 2.75) is 52.9 Å². The summed E-state index contributed by atoms with van der Waals surface area (Å²) in [4.78, 5) is 39.4. The van der Waals surface area contributed by atoms with Crippen LogP contribution in [0.2, 0.25) is 0 Å². The van der Waals surface area contributed by atoms with Gasteiger partial charge in [0, 0.05) is 49.5 Å². The van der Waals surface area contributed by atoms with E-state index in [1.54, 1.807) is 0 Å². The summed E-state index contributed by atoms with van der Waals surface area (Å²) < 4.78 is 0. The quantitative estimate of drug-likeness (QED) is 0.529. The minimum absolute atomic E-state index is 0.102. The Morgan fingerprint density at radius 1 is 1.26 bits per heavy atom. The topological polar surface area (TPSA) is 85.7 Å². The number of aromatic nitrogens is 2. The number of nitrogens with one attached hydrogen (secondary N) is 2. The molecule has 0 spiro atoms. The van der Waals surface area contributed by atoms with E-state index in [-0.39, 0.29) is 34.9 Å². The van der Waals surface area contributed by atoms with E-state index in [1.807, 2.05) is 29.7 Å².